The van der Waals surface area contributed by atoms with Crippen LogP contribution in [0.15, 0.2) is 30.3 Å². The van der Waals surface area contributed by atoms with Crippen molar-refractivity contribution in [2.24, 2.45) is 0 Å². The summed E-state index contributed by atoms with van der Waals surface area (Å²) in [4.78, 5) is 1.77. The summed E-state index contributed by atoms with van der Waals surface area (Å²) in [6.07, 6.45) is 3.24. The van der Waals surface area contributed by atoms with Crippen molar-refractivity contribution in [3.05, 3.63) is 30.3 Å². The minimum absolute atomic E-state index is 0.141. The first-order valence-corrected chi connectivity index (χ1v) is 7.17. The van der Waals surface area contributed by atoms with Gasteiger partial charge in [0.15, 0.2) is 6.19 Å². The molecule has 1 heterocycles. The third-order valence-corrected chi connectivity index (χ3v) is 2.71. The fourth-order valence-electron chi connectivity index (χ4n) is 1.90. The number of para-hydroxylation sites is 1. The van der Waals surface area contributed by atoms with E-state index in [1.165, 1.54) is 0 Å². The van der Waals surface area contributed by atoms with Gasteiger partial charge in [-0.05, 0) is 19.1 Å². The molecule has 1 aromatic rings. The van der Waals surface area contributed by atoms with Crippen molar-refractivity contribution in [1.29, 1.82) is 5.26 Å². The zero-order valence-electron chi connectivity index (χ0n) is 12.8. The molecule has 1 saturated heterocycles. The van der Waals surface area contributed by atoms with E-state index in [1.807, 2.05) is 58.0 Å². The van der Waals surface area contributed by atoms with Gasteiger partial charge in [-0.2, -0.15) is 5.26 Å². The van der Waals surface area contributed by atoms with Crippen molar-refractivity contribution in [2.75, 3.05) is 6.54 Å². The number of benzene rings is 1. The summed E-state index contributed by atoms with van der Waals surface area (Å²) in [7, 11) is 0. The maximum absolute atomic E-state index is 8.84. The summed E-state index contributed by atoms with van der Waals surface area (Å²) in [5.41, 5.74) is 0. The van der Waals surface area contributed by atoms with Crippen LogP contribution >= 0.6 is 0 Å². The van der Waals surface area contributed by atoms with Crippen molar-refractivity contribution in [3.63, 3.8) is 0 Å². The van der Waals surface area contributed by atoms with E-state index in [0.717, 1.165) is 12.2 Å². The van der Waals surface area contributed by atoms with E-state index in [9.17, 15) is 0 Å². The van der Waals surface area contributed by atoms with Gasteiger partial charge < -0.3 is 9.64 Å². The first-order chi connectivity index (χ1) is 9.29. The molecule has 106 valence electrons. The highest BCUT2D eigenvalue weighted by atomic mass is 16.5. The third-order valence-electron chi connectivity index (χ3n) is 2.71. The lowest BCUT2D eigenvalue weighted by Gasteiger charge is -2.12. The predicted molar refractivity (Wildman–Crippen MR) is 80.0 cm³/mol. The molecular formula is C16H26N2O. The summed E-state index contributed by atoms with van der Waals surface area (Å²) in [5, 5.41) is 8.84. The Balaban J connectivity index is 0.000000741. The lowest BCUT2D eigenvalue weighted by molar-refractivity contribution is 0.213. The van der Waals surface area contributed by atoms with E-state index in [0.29, 0.717) is 12.6 Å². The third kappa shape index (κ3) is 5.65. The Hall–Kier alpha value is -1.69. The second-order valence-corrected chi connectivity index (χ2v) is 3.89. The highest BCUT2D eigenvalue weighted by Crippen LogP contribution is 2.21. The van der Waals surface area contributed by atoms with E-state index in [4.69, 9.17) is 10.00 Å². The van der Waals surface area contributed by atoms with Gasteiger partial charge in [0.1, 0.15) is 11.9 Å². The Bertz CT molecular complexity index is 359. The van der Waals surface area contributed by atoms with Crippen LogP contribution in [0.2, 0.25) is 0 Å². The number of likely N-dealkylation sites (tertiary alicyclic amines) is 1. The quantitative estimate of drug-likeness (QED) is 0.754. The molecule has 1 fully saturated rings. The first-order valence-electron chi connectivity index (χ1n) is 7.17. The topological polar surface area (TPSA) is 36.3 Å². The average Bonchev–Trinajstić information content (AvgIpc) is 2.84. The standard InChI is InChI=1S/C12H14N2O.2C2H6/c1-10-7-12(8-14(10)9-13)15-11-5-3-2-4-6-11;2*1-2/h2-6,10,12H,7-8H2,1H3;2*1-2H3. The molecule has 0 bridgehead atoms. The van der Waals surface area contributed by atoms with Crippen molar-refractivity contribution >= 4 is 0 Å². The fraction of sp³-hybridized carbons (Fsp3) is 0.562. The molecule has 1 aliphatic heterocycles. The van der Waals surface area contributed by atoms with Gasteiger partial charge in [-0.15, -0.1) is 0 Å². The molecule has 1 aromatic carbocycles. The Kier molecular flexibility index (Phi) is 9.34. The van der Waals surface area contributed by atoms with Crippen LogP contribution in [0.1, 0.15) is 41.0 Å². The Morgan fingerprint density at radius 1 is 1.16 bits per heavy atom. The smallest absolute Gasteiger partial charge is 0.179 e. The summed E-state index contributed by atoms with van der Waals surface area (Å²) >= 11 is 0. The van der Waals surface area contributed by atoms with Crippen LogP contribution in [-0.2, 0) is 0 Å². The number of ether oxygens (including phenoxy) is 1. The molecule has 19 heavy (non-hydrogen) atoms. The first kappa shape index (κ1) is 17.3. The molecule has 0 amide bonds. The lowest BCUT2D eigenvalue weighted by atomic mass is 10.2. The monoisotopic (exact) mass is 262 g/mol. The second-order valence-electron chi connectivity index (χ2n) is 3.89. The highest BCUT2D eigenvalue weighted by Gasteiger charge is 2.29. The van der Waals surface area contributed by atoms with Gasteiger partial charge in [-0.1, -0.05) is 45.9 Å². The fourth-order valence-corrected chi connectivity index (χ4v) is 1.90. The number of nitriles is 1. The zero-order chi connectivity index (χ0) is 14.7. The van der Waals surface area contributed by atoms with Crippen LogP contribution in [0.4, 0.5) is 0 Å². The van der Waals surface area contributed by atoms with Crippen LogP contribution in [0.3, 0.4) is 0 Å². The van der Waals surface area contributed by atoms with Crippen LogP contribution in [0, 0.1) is 11.5 Å². The molecule has 3 heteroatoms. The molecule has 0 saturated carbocycles. The summed E-state index contributed by atoms with van der Waals surface area (Å²) in [6, 6.07) is 10.1. The number of nitrogens with zero attached hydrogens (tertiary/aromatic N) is 2. The average molecular weight is 262 g/mol. The number of rotatable bonds is 2. The van der Waals surface area contributed by atoms with E-state index in [1.54, 1.807) is 4.90 Å². The van der Waals surface area contributed by atoms with Gasteiger partial charge >= 0.3 is 0 Å². The van der Waals surface area contributed by atoms with E-state index in [-0.39, 0.29) is 6.10 Å². The van der Waals surface area contributed by atoms with Crippen LogP contribution in [-0.4, -0.2) is 23.6 Å². The summed E-state index contributed by atoms with van der Waals surface area (Å²) < 4.78 is 5.78. The second kappa shape index (κ2) is 10.3. The Morgan fingerprint density at radius 3 is 2.21 bits per heavy atom. The molecule has 0 N–H and O–H groups in total. The normalized spacial score (nSPS) is 20.3. The summed E-state index contributed by atoms with van der Waals surface area (Å²) in [5.74, 6) is 0.884. The van der Waals surface area contributed by atoms with Gasteiger partial charge in [0.2, 0.25) is 0 Å². The Labute approximate surface area is 117 Å². The predicted octanol–water partition coefficient (Wildman–Crippen LogP) is 4.06. The SMILES string of the molecule is CC.CC.CC1CC(Oc2ccccc2)CN1C#N. The molecule has 3 nitrogen and oxygen atoms in total. The van der Waals surface area contributed by atoms with Crippen LogP contribution in [0.5, 0.6) is 5.75 Å². The molecule has 0 aromatic heterocycles. The molecular weight excluding hydrogens is 236 g/mol. The largest absolute Gasteiger partial charge is 0.488 e. The zero-order valence-corrected chi connectivity index (χ0v) is 12.8. The van der Waals surface area contributed by atoms with Crippen molar-refractivity contribution in [1.82, 2.24) is 4.90 Å². The maximum Gasteiger partial charge on any atom is 0.179 e. The lowest BCUT2D eigenvalue weighted by Crippen LogP contribution is -2.23. The van der Waals surface area contributed by atoms with Crippen LogP contribution in [0.25, 0.3) is 0 Å². The van der Waals surface area contributed by atoms with Gasteiger partial charge in [0.25, 0.3) is 0 Å². The van der Waals surface area contributed by atoms with E-state index < -0.39 is 0 Å². The Morgan fingerprint density at radius 2 is 1.74 bits per heavy atom. The van der Waals surface area contributed by atoms with Crippen molar-refractivity contribution < 1.29 is 4.74 Å². The molecule has 0 radical (unpaired) electrons. The van der Waals surface area contributed by atoms with E-state index in [2.05, 4.69) is 13.1 Å². The minimum atomic E-state index is 0.141. The number of hydrogen-bond donors (Lipinski definition) is 0. The van der Waals surface area contributed by atoms with Crippen molar-refractivity contribution in [3.8, 4) is 11.9 Å². The molecule has 2 rings (SSSR count). The van der Waals surface area contributed by atoms with E-state index >= 15 is 0 Å². The van der Waals surface area contributed by atoms with Gasteiger partial charge in [-0.25, -0.2) is 0 Å². The summed E-state index contributed by atoms with van der Waals surface area (Å²) in [6.45, 7) is 10.8. The van der Waals surface area contributed by atoms with Gasteiger partial charge in [0, 0.05) is 12.5 Å². The van der Waals surface area contributed by atoms with Gasteiger partial charge in [0.05, 0.1) is 6.54 Å². The highest BCUT2D eigenvalue weighted by molar-refractivity contribution is 5.21. The molecule has 0 aliphatic carbocycles. The maximum atomic E-state index is 8.84. The van der Waals surface area contributed by atoms with Crippen LogP contribution < -0.4 is 4.74 Å². The molecule has 1 aliphatic rings. The molecule has 2 unspecified atom stereocenters. The minimum Gasteiger partial charge on any atom is -0.488 e. The van der Waals surface area contributed by atoms with Gasteiger partial charge in [-0.3, -0.25) is 0 Å². The number of hydrogen-bond acceptors (Lipinski definition) is 3. The molecule has 0 spiro atoms. The molecule has 2 atom stereocenters. The van der Waals surface area contributed by atoms with Crippen molar-refractivity contribution in [2.45, 2.75) is 53.2 Å².